The molecular weight excluding hydrogens is 264 g/mol. The molecule has 0 saturated carbocycles. The van der Waals surface area contributed by atoms with Gasteiger partial charge in [0.25, 0.3) is 0 Å². The monoisotopic (exact) mass is 276 g/mol. The number of carbonyl (C=O) groups excluding carboxylic acids is 1. The molecule has 5 heteroatoms. The summed E-state index contributed by atoms with van der Waals surface area (Å²) in [4.78, 5) is 11.0. The van der Waals surface area contributed by atoms with E-state index in [1.54, 1.807) is 42.1 Å². The summed E-state index contributed by atoms with van der Waals surface area (Å²) in [6.45, 7) is 4.11. The summed E-state index contributed by atoms with van der Waals surface area (Å²) >= 11 is 5.99. The van der Waals surface area contributed by atoms with Crippen molar-refractivity contribution in [1.82, 2.24) is 9.78 Å². The second kappa shape index (κ2) is 5.71. The van der Waals surface area contributed by atoms with Gasteiger partial charge in [0.1, 0.15) is 11.4 Å². The van der Waals surface area contributed by atoms with Crippen molar-refractivity contribution in [3.05, 3.63) is 47.6 Å². The molecular formula is C14H13ClN2O2. The van der Waals surface area contributed by atoms with Crippen molar-refractivity contribution in [2.24, 2.45) is 0 Å². The number of allylic oxidation sites excluding steroid dienone is 1. The standard InChI is InChI=1S/C14H13ClN2O2/c1-3-6-17-11(9-18)8-13(16-17)12-7-10(15)4-5-14(12)19-2/h3-5,7-9H,1,6H2,2H3. The minimum Gasteiger partial charge on any atom is -0.496 e. The summed E-state index contributed by atoms with van der Waals surface area (Å²) in [7, 11) is 1.58. The van der Waals surface area contributed by atoms with E-state index in [9.17, 15) is 4.79 Å². The predicted octanol–water partition coefficient (Wildman–Crippen LogP) is 3.21. The van der Waals surface area contributed by atoms with E-state index in [4.69, 9.17) is 16.3 Å². The van der Waals surface area contributed by atoms with Crippen LogP contribution in [0.2, 0.25) is 5.02 Å². The van der Waals surface area contributed by atoms with Crippen molar-refractivity contribution in [1.29, 1.82) is 0 Å². The first-order chi connectivity index (χ1) is 9.19. The quantitative estimate of drug-likeness (QED) is 0.622. The van der Waals surface area contributed by atoms with E-state index in [-0.39, 0.29) is 0 Å². The first-order valence-corrected chi connectivity index (χ1v) is 6.05. The maximum Gasteiger partial charge on any atom is 0.168 e. The van der Waals surface area contributed by atoms with E-state index in [0.29, 0.717) is 28.7 Å². The van der Waals surface area contributed by atoms with Gasteiger partial charge >= 0.3 is 0 Å². The van der Waals surface area contributed by atoms with Crippen molar-refractivity contribution in [3.8, 4) is 17.0 Å². The lowest BCUT2D eigenvalue weighted by molar-refractivity contribution is 0.111. The number of carbonyl (C=O) groups is 1. The lowest BCUT2D eigenvalue weighted by Gasteiger charge is -2.06. The molecule has 0 saturated heterocycles. The van der Waals surface area contributed by atoms with Crippen LogP contribution in [0.5, 0.6) is 5.75 Å². The Balaban J connectivity index is 2.55. The average molecular weight is 277 g/mol. The smallest absolute Gasteiger partial charge is 0.168 e. The molecule has 0 bridgehead atoms. The van der Waals surface area contributed by atoms with E-state index in [2.05, 4.69) is 11.7 Å². The van der Waals surface area contributed by atoms with Gasteiger partial charge < -0.3 is 4.74 Å². The van der Waals surface area contributed by atoms with Gasteiger partial charge in [0.05, 0.1) is 19.3 Å². The predicted molar refractivity (Wildman–Crippen MR) is 74.8 cm³/mol. The lowest BCUT2D eigenvalue weighted by atomic mass is 10.1. The van der Waals surface area contributed by atoms with Crippen LogP contribution < -0.4 is 4.74 Å². The number of hydrogen-bond donors (Lipinski definition) is 0. The van der Waals surface area contributed by atoms with Crippen LogP contribution in [0, 0.1) is 0 Å². The Morgan fingerprint density at radius 1 is 1.47 bits per heavy atom. The van der Waals surface area contributed by atoms with E-state index < -0.39 is 0 Å². The summed E-state index contributed by atoms with van der Waals surface area (Å²) in [6.07, 6.45) is 2.44. The minimum atomic E-state index is 0.469. The van der Waals surface area contributed by atoms with E-state index in [0.717, 1.165) is 11.8 Å². The molecule has 1 aromatic carbocycles. The summed E-state index contributed by atoms with van der Waals surface area (Å²) in [6, 6.07) is 6.97. The molecule has 0 aliphatic heterocycles. The minimum absolute atomic E-state index is 0.469. The second-order valence-corrected chi connectivity index (χ2v) is 4.32. The SMILES string of the molecule is C=CCn1nc(-c2cc(Cl)ccc2OC)cc1C=O. The number of nitrogens with zero attached hydrogens (tertiary/aromatic N) is 2. The maximum absolute atomic E-state index is 11.0. The Morgan fingerprint density at radius 2 is 2.26 bits per heavy atom. The highest BCUT2D eigenvalue weighted by Gasteiger charge is 2.13. The molecule has 1 aromatic heterocycles. The fourth-order valence-corrected chi connectivity index (χ4v) is 1.98. The third-order valence-corrected chi connectivity index (χ3v) is 2.91. The Hall–Kier alpha value is -2.07. The second-order valence-electron chi connectivity index (χ2n) is 3.89. The van der Waals surface area contributed by atoms with Gasteiger partial charge in [-0.3, -0.25) is 9.48 Å². The number of methoxy groups -OCH3 is 1. The van der Waals surface area contributed by atoms with Crippen molar-refractivity contribution >= 4 is 17.9 Å². The van der Waals surface area contributed by atoms with Crippen LogP contribution in [0.4, 0.5) is 0 Å². The zero-order valence-electron chi connectivity index (χ0n) is 10.5. The first kappa shape index (κ1) is 13.4. The molecule has 1 heterocycles. The molecule has 0 atom stereocenters. The van der Waals surface area contributed by atoms with Gasteiger partial charge in [-0.1, -0.05) is 17.7 Å². The van der Waals surface area contributed by atoms with Crippen LogP contribution in [0.25, 0.3) is 11.3 Å². The highest BCUT2D eigenvalue weighted by atomic mass is 35.5. The van der Waals surface area contributed by atoms with Crippen LogP contribution in [0.1, 0.15) is 10.5 Å². The van der Waals surface area contributed by atoms with Gasteiger partial charge in [0.2, 0.25) is 0 Å². The van der Waals surface area contributed by atoms with E-state index in [1.165, 1.54) is 0 Å². The fraction of sp³-hybridized carbons (Fsp3) is 0.143. The van der Waals surface area contributed by atoms with Crippen LogP contribution in [-0.2, 0) is 6.54 Å². The zero-order valence-corrected chi connectivity index (χ0v) is 11.2. The van der Waals surface area contributed by atoms with Gasteiger partial charge in [0.15, 0.2) is 6.29 Å². The first-order valence-electron chi connectivity index (χ1n) is 5.67. The molecule has 2 rings (SSSR count). The fourth-order valence-electron chi connectivity index (χ4n) is 1.81. The Morgan fingerprint density at radius 3 is 2.89 bits per heavy atom. The summed E-state index contributed by atoms with van der Waals surface area (Å²) < 4.78 is 6.86. The molecule has 0 aliphatic carbocycles. The number of aromatic nitrogens is 2. The van der Waals surface area contributed by atoms with Crippen LogP contribution in [-0.4, -0.2) is 23.2 Å². The van der Waals surface area contributed by atoms with Gasteiger partial charge in [-0.15, -0.1) is 6.58 Å². The molecule has 0 spiro atoms. The van der Waals surface area contributed by atoms with Crippen molar-refractivity contribution in [2.75, 3.05) is 7.11 Å². The molecule has 19 heavy (non-hydrogen) atoms. The van der Waals surface area contributed by atoms with Gasteiger partial charge in [-0.05, 0) is 24.3 Å². The number of hydrogen-bond acceptors (Lipinski definition) is 3. The van der Waals surface area contributed by atoms with Gasteiger partial charge in [-0.25, -0.2) is 0 Å². The van der Waals surface area contributed by atoms with Crippen LogP contribution in [0.3, 0.4) is 0 Å². The number of halogens is 1. The molecule has 0 amide bonds. The lowest BCUT2D eigenvalue weighted by Crippen LogP contribution is -2.02. The van der Waals surface area contributed by atoms with Gasteiger partial charge in [-0.2, -0.15) is 5.10 Å². The largest absolute Gasteiger partial charge is 0.496 e. The Bertz CT molecular complexity index is 620. The maximum atomic E-state index is 11.0. The number of rotatable bonds is 5. The van der Waals surface area contributed by atoms with Gasteiger partial charge in [0, 0.05) is 10.6 Å². The summed E-state index contributed by atoms with van der Waals surface area (Å²) in [5.74, 6) is 0.658. The molecule has 0 radical (unpaired) electrons. The van der Waals surface area contributed by atoms with Crippen LogP contribution in [0.15, 0.2) is 36.9 Å². The summed E-state index contributed by atoms with van der Waals surface area (Å²) in [5.41, 5.74) is 1.88. The molecule has 98 valence electrons. The molecule has 4 nitrogen and oxygen atoms in total. The average Bonchev–Trinajstić information content (AvgIpc) is 2.82. The molecule has 0 aliphatic rings. The number of aldehydes is 1. The van der Waals surface area contributed by atoms with E-state index >= 15 is 0 Å². The molecule has 2 aromatic rings. The third kappa shape index (κ3) is 2.69. The van der Waals surface area contributed by atoms with Crippen molar-refractivity contribution in [2.45, 2.75) is 6.54 Å². The topological polar surface area (TPSA) is 44.1 Å². The molecule has 0 N–H and O–H groups in total. The molecule has 0 fully saturated rings. The van der Waals surface area contributed by atoms with Crippen LogP contribution >= 0.6 is 11.6 Å². The summed E-state index contributed by atoms with van der Waals surface area (Å²) in [5, 5.41) is 4.95. The zero-order chi connectivity index (χ0) is 13.8. The van der Waals surface area contributed by atoms with Crippen molar-refractivity contribution < 1.29 is 9.53 Å². The Labute approximate surface area is 116 Å². The number of benzene rings is 1. The van der Waals surface area contributed by atoms with E-state index in [1.807, 2.05) is 0 Å². The molecule has 0 unspecified atom stereocenters. The third-order valence-electron chi connectivity index (χ3n) is 2.67. The van der Waals surface area contributed by atoms with Crippen molar-refractivity contribution in [3.63, 3.8) is 0 Å². The Kier molecular flexibility index (Phi) is 4.02. The highest BCUT2D eigenvalue weighted by molar-refractivity contribution is 6.30. The number of ether oxygens (including phenoxy) is 1. The normalized spacial score (nSPS) is 10.2. The highest BCUT2D eigenvalue weighted by Crippen LogP contribution is 2.31.